The second kappa shape index (κ2) is 8.17. The Hall–Kier alpha value is -4.43. The zero-order valence-electron chi connectivity index (χ0n) is 18.8. The molecular weight excluding hydrogens is 424 g/mol. The Bertz CT molecular complexity index is 1610. The molecular formula is C26H22N8. The van der Waals surface area contributed by atoms with E-state index in [2.05, 4.69) is 58.2 Å². The highest BCUT2D eigenvalue weighted by Crippen LogP contribution is 2.33. The molecule has 0 fully saturated rings. The summed E-state index contributed by atoms with van der Waals surface area (Å²) >= 11 is 0. The van der Waals surface area contributed by atoms with Crippen molar-refractivity contribution in [3.63, 3.8) is 0 Å². The van der Waals surface area contributed by atoms with Crippen LogP contribution in [0, 0.1) is 0 Å². The fourth-order valence-electron chi connectivity index (χ4n) is 4.27. The maximum atomic E-state index is 4.60. The number of aromatic nitrogens is 7. The minimum Gasteiger partial charge on any atom is -0.352 e. The number of hydrogen-bond acceptors (Lipinski definition) is 6. The monoisotopic (exact) mass is 446 g/mol. The molecule has 0 unspecified atom stereocenters. The predicted molar refractivity (Wildman–Crippen MR) is 133 cm³/mol. The molecule has 8 nitrogen and oxygen atoms in total. The summed E-state index contributed by atoms with van der Waals surface area (Å²) in [6.07, 6.45) is 11.1. The van der Waals surface area contributed by atoms with Crippen LogP contribution in [0.5, 0.6) is 0 Å². The van der Waals surface area contributed by atoms with E-state index in [-0.39, 0.29) is 0 Å². The summed E-state index contributed by atoms with van der Waals surface area (Å²) in [5, 5.41) is 9.59. The fourth-order valence-corrected chi connectivity index (χ4v) is 4.27. The number of pyridine rings is 4. The molecule has 0 bridgehead atoms. The fraction of sp³-hybridized carbons (Fsp3) is 0.115. The van der Waals surface area contributed by atoms with Crippen molar-refractivity contribution in [2.45, 2.75) is 6.54 Å². The average molecular weight is 447 g/mol. The Morgan fingerprint density at radius 2 is 1.74 bits per heavy atom. The third-order valence-corrected chi connectivity index (χ3v) is 5.79. The highest BCUT2D eigenvalue weighted by Gasteiger charge is 2.15. The first kappa shape index (κ1) is 20.2. The molecule has 0 atom stereocenters. The summed E-state index contributed by atoms with van der Waals surface area (Å²) in [6, 6.07) is 12.3. The van der Waals surface area contributed by atoms with Crippen LogP contribution < -0.4 is 0 Å². The number of H-pyrrole nitrogens is 2. The Morgan fingerprint density at radius 3 is 2.59 bits per heavy atom. The van der Waals surface area contributed by atoms with Crippen LogP contribution >= 0.6 is 0 Å². The average Bonchev–Trinajstić information content (AvgIpc) is 3.48. The van der Waals surface area contributed by atoms with Crippen molar-refractivity contribution in [2.24, 2.45) is 0 Å². The van der Waals surface area contributed by atoms with Gasteiger partial charge in [-0.1, -0.05) is 6.07 Å². The maximum absolute atomic E-state index is 4.60. The van der Waals surface area contributed by atoms with E-state index in [1.165, 1.54) is 0 Å². The largest absolute Gasteiger partial charge is 0.352 e. The summed E-state index contributed by atoms with van der Waals surface area (Å²) in [6.45, 7) is 0.829. The van der Waals surface area contributed by atoms with Crippen LogP contribution in [-0.2, 0) is 6.54 Å². The van der Waals surface area contributed by atoms with Gasteiger partial charge in [-0.2, -0.15) is 5.10 Å². The SMILES string of the molecule is CN(C)Cc1cncc(-c2cnc3n[nH]c(-c4cc5c(-c6ccccn6)cncc5[nH]4)c3c2)c1. The van der Waals surface area contributed by atoms with Crippen molar-refractivity contribution in [1.82, 2.24) is 40.0 Å². The van der Waals surface area contributed by atoms with E-state index in [0.717, 1.165) is 62.2 Å². The van der Waals surface area contributed by atoms with E-state index in [1.807, 2.05) is 63.3 Å². The van der Waals surface area contributed by atoms with Gasteiger partial charge in [-0.15, -0.1) is 0 Å². The number of nitrogens with one attached hydrogen (secondary N) is 2. The molecule has 0 spiro atoms. The summed E-state index contributed by atoms with van der Waals surface area (Å²) in [5.41, 5.74) is 8.44. The summed E-state index contributed by atoms with van der Waals surface area (Å²) in [5.74, 6) is 0. The number of rotatable bonds is 5. The van der Waals surface area contributed by atoms with E-state index >= 15 is 0 Å². The first-order valence-electron chi connectivity index (χ1n) is 11.0. The Morgan fingerprint density at radius 1 is 0.853 bits per heavy atom. The highest BCUT2D eigenvalue weighted by atomic mass is 15.2. The van der Waals surface area contributed by atoms with Crippen molar-refractivity contribution in [3.05, 3.63) is 79.1 Å². The molecule has 8 heteroatoms. The molecule has 0 saturated carbocycles. The van der Waals surface area contributed by atoms with Gasteiger partial charge in [0.25, 0.3) is 0 Å². The van der Waals surface area contributed by atoms with Gasteiger partial charge in [-0.05, 0) is 50.0 Å². The molecule has 0 amide bonds. The minimum atomic E-state index is 0.665. The zero-order valence-corrected chi connectivity index (χ0v) is 18.8. The molecule has 0 aromatic carbocycles. The Kier molecular flexibility index (Phi) is 4.85. The van der Waals surface area contributed by atoms with Gasteiger partial charge in [0, 0.05) is 65.0 Å². The highest BCUT2D eigenvalue weighted by molar-refractivity contribution is 6.00. The van der Waals surface area contributed by atoms with E-state index in [1.54, 1.807) is 6.20 Å². The molecule has 6 rings (SSSR count). The van der Waals surface area contributed by atoms with Crippen LogP contribution in [0.4, 0.5) is 0 Å². The molecule has 34 heavy (non-hydrogen) atoms. The van der Waals surface area contributed by atoms with E-state index in [0.29, 0.717) is 5.65 Å². The molecule has 6 aromatic rings. The van der Waals surface area contributed by atoms with Gasteiger partial charge in [0.2, 0.25) is 0 Å². The number of nitrogens with zero attached hydrogens (tertiary/aromatic N) is 6. The van der Waals surface area contributed by atoms with E-state index in [9.17, 15) is 0 Å². The van der Waals surface area contributed by atoms with Gasteiger partial charge < -0.3 is 9.88 Å². The zero-order chi connectivity index (χ0) is 23.1. The molecule has 0 aliphatic carbocycles. The van der Waals surface area contributed by atoms with Gasteiger partial charge in [-0.25, -0.2) is 4.98 Å². The van der Waals surface area contributed by atoms with E-state index < -0.39 is 0 Å². The van der Waals surface area contributed by atoms with Crippen molar-refractivity contribution in [2.75, 3.05) is 14.1 Å². The topological polar surface area (TPSA) is 99.3 Å². The van der Waals surface area contributed by atoms with Crippen LogP contribution in [0.25, 0.3) is 55.7 Å². The van der Waals surface area contributed by atoms with Gasteiger partial charge in [0.15, 0.2) is 5.65 Å². The van der Waals surface area contributed by atoms with Crippen molar-refractivity contribution >= 4 is 21.9 Å². The van der Waals surface area contributed by atoms with Gasteiger partial charge >= 0.3 is 0 Å². The van der Waals surface area contributed by atoms with Gasteiger partial charge in [0.05, 0.1) is 28.8 Å². The second-order valence-electron chi connectivity index (χ2n) is 8.56. The Labute approximate surface area is 195 Å². The van der Waals surface area contributed by atoms with Gasteiger partial charge in [-0.3, -0.25) is 20.1 Å². The molecule has 6 aromatic heterocycles. The number of fused-ring (bicyclic) bond motifs is 2. The molecule has 0 aliphatic heterocycles. The summed E-state index contributed by atoms with van der Waals surface area (Å²) < 4.78 is 0. The third kappa shape index (κ3) is 3.60. The lowest BCUT2D eigenvalue weighted by atomic mass is 10.1. The van der Waals surface area contributed by atoms with Crippen LogP contribution in [0.2, 0.25) is 0 Å². The van der Waals surface area contributed by atoms with E-state index in [4.69, 9.17) is 0 Å². The minimum absolute atomic E-state index is 0.665. The van der Waals surface area contributed by atoms with Crippen LogP contribution in [-0.4, -0.2) is 54.1 Å². The Balaban J connectivity index is 1.45. The van der Waals surface area contributed by atoms with Crippen molar-refractivity contribution in [3.8, 4) is 33.8 Å². The number of hydrogen-bond donors (Lipinski definition) is 2. The van der Waals surface area contributed by atoms with Crippen molar-refractivity contribution < 1.29 is 0 Å². The standard InChI is InChI=1S/C26H22N8/c1-34(2)15-16-7-17(11-27-10-16)18-8-20-25(32-33-26(20)30-12-18)23-9-19-21(13-28-14-24(19)31-23)22-5-3-4-6-29-22/h3-14,31H,15H2,1-2H3,(H,30,32,33). The van der Waals surface area contributed by atoms with Crippen LogP contribution in [0.15, 0.2) is 73.6 Å². The first-order valence-corrected chi connectivity index (χ1v) is 11.0. The van der Waals surface area contributed by atoms with Gasteiger partial charge in [0.1, 0.15) is 0 Å². The molecule has 166 valence electrons. The predicted octanol–water partition coefficient (Wildman–Crippen LogP) is 4.69. The second-order valence-corrected chi connectivity index (χ2v) is 8.56. The summed E-state index contributed by atoms with van der Waals surface area (Å²) in [7, 11) is 4.10. The van der Waals surface area contributed by atoms with Crippen molar-refractivity contribution in [1.29, 1.82) is 0 Å². The first-order chi connectivity index (χ1) is 16.7. The van der Waals surface area contributed by atoms with Crippen LogP contribution in [0.1, 0.15) is 5.56 Å². The quantitative estimate of drug-likeness (QED) is 0.399. The summed E-state index contributed by atoms with van der Waals surface area (Å²) in [4.78, 5) is 23.5. The third-order valence-electron chi connectivity index (χ3n) is 5.79. The molecule has 0 radical (unpaired) electrons. The lowest BCUT2D eigenvalue weighted by Crippen LogP contribution is -2.10. The molecule has 0 saturated heterocycles. The van der Waals surface area contributed by atoms with Crippen LogP contribution in [0.3, 0.4) is 0 Å². The molecule has 0 aliphatic rings. The molecule has 2 N–H and O–H groups in total. The number of aromatic amines is 2. The normalized spacial score (nSPS) is 11.6. The maximum Gasteiger partial charge on any atom is 0.181 e. The molecule has 6 heterocycles. The lowest BCUT2D eigenvalue weighted by molar-refractivity contribution is 0.402. The lowest BCUT2D eigenvalue weighted by Gasteiger charge is -2.10. The smallest absolute Gasteiger partial charge is 0.181 e.